The fourth-order valence-electron chi connectivity index (χ4n) is 4.13. The number of carbonyl (C=O) groups excluding carboxylic acids is 1. The molecule has 2 aliphatic rings. The van der Waals surface area contributed by atoms with E-state index < -0.39 is 0 Å². The molecule has 4 rings (SSSR count). The minimum absolute atomic E-state index is 0.0807. The number of para-hydroxylation sites is 1. The standard InChI is InChI=1S/C22H27FN4O/c23-19-8-4-5-9-21(19)27-14-12-26(13-15-27)18-10-11-20(24-16-18)22(28)25-17-6-2-1-3-7-17/h4-5,8-11,16-17H,1-3,6-7,12-15H2,(H,25,28). The summed E-state index contributed by atoms with van der Waals surface area (Å²) in [7, 11) is 0. The Bertz CT molecular complexity index is 796. The van der Waals surface area contributed by atoms with Gasteiger partial charge in [0.1, 0.15) is 11.5 Å². The molecule has 1 aromatic heterocycles. The number of benzene rings is 1. The molecule has 2 fully saturated rings. The van der Waals surface area contributed by atoms with Crippen LogP contribution >= 0.6 is 0 Å². The van der Waals surface area contributed by atoms with Gasteiger partial charge in [0, 0.05) is 32.2 Å². The smallest absolute Gasteiger partial charge is 0.270 e. The highest BCUT2D eigenvalue weighted by atomic mass is 19.1. The number of nitrogens with zero attached hydrogens (tertiary/aromatic N) is 3. The van der Waals surface area contributed by atoms with Gasteiger partial charge in [-0.15, -0.1) is 0 Å². The van der Waals surface area contributed by atoms with Crippen LogP contribution in [-0.2, 0) is 0 Å². The minimum Gasteiger partial charge on any atom is -0.367 e. The van der Waals surface area contributed by atoms with E-state index in [1.165, 1.54) is 25.3 Å². The van der Waals surface area contributed by atoms with Crippen LogP contribution in [0.2, 0.25) is 0 Å². The number of aromatic nitrogens is 1. The Hall–Kier alpha value is -2.63. The lowest BCUT2D eigenvalue weighted by molar-refractivity contribution is 0.0922. The van der Waals surface area contributed by atoms with Gasteiger partial charge in [0.2, 0.25) is 0 Å². The van der Waals surface area contributed by atoms with E-state index in [2.05, 4.69) is 20.1 Å². The van der Waals surface area contributed by atoms with Gasteiger partial charge < -0.3 is 15.1 Å². The molecule has 0 bridgehead atoms. The van der Waals surface area contributed by atoms with E-state index in [1.807, 2.05) is 18.2 Å². The molecule has 148 valence electrons. The van der Waals surface area contributed by atoms with Gasteiger partial charge in [-0.25, -0.2) is 9.37 Å². The summed E-state index contributed by atoms with van der Waals surface area (Å²) in [6.45, 7) is 3.10. The average molecular weight is 382 g/mol. The summed E-state index contributed by atoms with van der Waals surface area (Å²) in [4.78, 5) is 21.1. The molecule has 1 saturated carbocycles. The number of amides is 1. The minimum atomic E-state index is -0.175. The summed E-state index contributed by atoms with van der Waals surface area (Å²) < 4.78 is 14.0. The molecule has 6 heteroatoms. The molecule has 0 spiro atoms. The molecule has 0 radical (unpaired) electrons. The van der Waals surface area contributed by atoms with Crippen LogP contribution in [0.25, 0.3) is 0 Å². The molecule has 2 aromatic rings. The van der Waals surface area contributed by atoms with Gasteiger partial charge in [0.25, 0.3) is 5.91 Å². The van der Waals surface area contributed by atoms with Gasteiger partial charge >= 0.3 is 0 Å². The molecule has 1 amide bonds. The number of rotatable bonds is 4. The molecule has 0 atom stereocenters. The van der Waals surface area contributed by atoms with Gasteiger partial charge in [0.05, 0.1) is 17.6 Å². The van der Waals surface area contributed by atoms with Crippen LogP contribution in [0.4, 0.5) is 15.8 Å². The molecule has 1 saturated heterocycles. The normalized spacial score (nSPS) is 18.2. The lowest BCUT2D eigenvalue weighted by Gasteiger charge is -2.37. The maximum atomic E-state index is 14.0. The van der Waals surface area contributed by atoms with Crippen LogP contribution in [-0.4, -0.2) is 43.1 Å². The molecule has 1 aromatic carbocycles. The van der Waals surface area contributed by atoms with Gasteiger partial charge in [-0.1, -0.05) is 31.4 Å². The third kappa shape index (κ3) is 4.26. The highest BCUT2D eigenvalue weighted by Crippen LogP contribution is 2.23. The summed E-state index contributed by atoms with van der Waals surface area (Å²) in [6, 6.07) is 11.0. The fraction of sp³-hybridized carbons (Fsp3) is 0.455. The maximum absolute atomic E-state index is 14.0. The number of pyridine rings is 1. The molecular formula is C22H27FN4O. The predicted molar refractivity (Wildman–Crippen MR) is 109 cm³/mol. The lowest BCUT2D eigenvalue weighted by atomic mass is 9.95. The Kier molecular flexibility index (Phi) is 5.74. The molecular weight excluding hydrogens is 355 g/mol. The Morgan fingerprint density at radius 3 is 2.36 bits per heavy atom. The van der Waals surface area contributed by atoms with Crippen molar-refractivity contribution >= 4 is 17.3 Å². The second-order valence-electron chi connectivity index (χ2n) is 7.64. The van der Waals surface area contributed by atoms with E-state index in [9.17, 15) is 9.18 Å². The summed E-state index contributed by atoms with van der Waals surface area (Å²) >= 11 is 0. The Morgan fingerprint density at radius 1 is 0.964 bits per heavy atom. The molecule has 2 heterocycles. The topological polar surface area (TPSA) is 48.5 Å². The maximum Gasteiger partial charge on any atom is 0.270 e. The van der Waals surface area contributed by atoms with Crippen LogP contribution in [0.1, 0.15) is 42.6 Å². The molecule has 1 aliphatic carbocycles. The van der Waals surface area contributed by atoms with E-state index in [0.717, 1.165) is 44.7 Å². The quantitative estimate of drug-likeness (QED) is 0.878. The number of anilines is 2. The first kappa shape index (κ1) is 18.7. The van der Waals surface area contributed by atoms with Crippen LogP contribution in [0.5, 0.6) is 0 Å². The zero-order valence-corrected chi connectivity index (χ0v) is 16.1. The Balaban J connectivity index is 1.33. The fourth-order valence-corrected chi connectivity index (χ4v) is 4.13. The SMILES string of the molecule is O=C(NC1CCCCC1)c1ccc(N2CCN(c3ccccc3F)CC2)cn1. The first-order valence-electron chi connectivity index (χ1n) is 10.2. The van der Waals surface area contributed by atoms with Gasteiger partial charge in [-0.3, -0.25) is 4.79 Å². The van der Waals surface area contributed by atoms with E-state index in [-0.39, 0.29) is 17.8 Å². The van der Waals surface area contributed by atoms with E-state index in [4.69, 9.17) is 0 Å². The Morgan fingerprint density at radius 2 is 1.68 bits per heavy atom. The Labute approximate surface area is 165 Å². The largest absolute Gasteiger partial charge is 0.367 e. The predicted octanol–water partition coefficient (Wildman–Crippen LogP) is 3.61. The summed E-state index contributed by atoms with van der Waals surface area (Å²) in [6.07, 6.45) is 7.55. The zero-order chi connectivity index (χ0) is 19.3. The van der Waals surface area contributed by atoms with Crippen molar-refractivity contribution in [3.63, 3.8) is 0 Å². The first-order chi connectivity index (χ1) is 13.7. The average Bonchev–Trinajstić information content (AvgIpc) is 2.75. The second-order valence-corrected chi connectivity index (χ2v) is 7.64. The molecule has 0 unspecified atom stereocenters. The third-order valence-corrected chi connectivity index (χ3v) is 5.76. The van der Waals surface area contributed by atoms with E-state index in [1.54, 1.807) is 18.3 Å². The number of hydrogen-bond acceptors (Lipinski definition) is 4. The summed E-state index contributed by atoms with van der Waals surface area (Å²) in [5.74, 6) is -0.256. The lowest BCUT2D eigenvalue weighted by Crippen LogP contribution is -2.46. The molecule has 1 N–H and O–H groups in total. The highest BCUT2D eigenvalue weighted by Gasteiger charge is 2.21. The van der Waals surface area contributed by atoms with Gasteiger partial charge in [-0.2, -0.15) is 0 Å². The second kappa shape index (κ2) is 8.59. The molecule has 1 aliphatic heterocycles. The van der Waals surface area contributed by atoms with Crippen molar-refractivity contribution in [3.8, 4) is 0 Å². The number of halogens is 1. The van der Waals surface area contributed by atoms with Crippen molar-refractivity contribution in [2.75, 3.05) is 36.0 Å². The van der Waals surface area contributed by atoms with Crippen molar-refractivity contribution in [1.82, 2.24) is 10.3 Å². The number of hydrogen-bond donors (Lipinski definition) is 1. The van der Waals surface area contributed by atoms with Gasteiger partial charge in [-0.05, 0) is 37.1 Å². The summed E-state index contributed by atoms with van der Waals surface area (Å²) in [5.41, 5.74) is 2.14. The van der Waals surface area contributed by atoms with Crippen molar-refractivity contribution < 1.29 is 9.18 Å². The number of piperazine rings is 1. The highest BCUT2D eigenvalue weighted by molar-refractivity contribution is 5.92. The van der Waals surface area contributed by atoms with Crippen molar-refractivity contribution in [1.29, 1.82) is 0 Å². The van der Waals surface area contributed by atoms with E-state index in [0.29, 0.717) is 11.4 Å². The van der Waals surface area contributed by atoms with Crippen molar-refractivity contribution in [2.24, 2.45) is 0 Å². The van der Waals surface area contributed by atoms with Crippen LogP contribution in [0.15, 0.2) is 42.6 Å². The van der Waals surface area contributed by atoms with E-state index >= 15 is 0 Å². The number of nitrogens with one attached hydrogen (secondary N) is 1. The van der Waals surface area contributed by atoms with Gasteiger partial charge in [0.15, 0.2) is 0 Å². The van der Waals surface area contributed by atoms with Crippen molar-refractivity contribution in [3.05, 3.63) is 54.1 Å². The molecule has 28 heavy (non-hydrogen) atoms. The van der Waals surface area contributed by atoms with Crippen molar-refractivity contribution in [2.45, 2.75) is 38.1 Å². The third-order valence-electron chi connectivity index (χ3n) is 5.76. The monoisotopic (exact) mass is 382 g/mol. The molecule has 5 nitrogen and oxygen atoms in total. The first-order valence-corrected chi connectivity index (χ1v) is 10.2. The van der Waals surface area contributed by atoms with Crippen LogP contribution in [0, 0.1) is 5.82 Å². The summed E-state index contributed by atoms with van der Waals surface area (Å²) in [5, 5.41) is 3.11. The number of carbonyl (C=O) groups is 1. The zero-order valence-electron chi connectivity index (χ0n) is 16.1. The van der Waals surface area contributed by atoms with Crippen LogP contribution < -0.4 is 15.1 Å². The van der Waals surface area contributed by atoms with Crippen LogP contribution in [0.3, 0.4) is 0 Å².